The van der Waals surface area contributed by atoms with Crippen molar-refractivity contribution in [3.05, 3.63) is 10.5 Å². The summed E-state index contributed by atoms with van der Waals surface area (Å²) in [5.41, 5.74) is 6.64. The lowest BCUT2D eigenvalue weighted by Crippen LogP contribution is -2.47. The van der Waals surface area contributed by atoms with Crippen LogP contribution in [0.25, 0.3) is 11.2 Å². The van der Waals surface area contributed by atoms with Crippen LogP contribution in [0.3, 0.4) is 0 Å². The molecule has 1 aliphatic rings. The van der Waals surface area contributed by atoms with Gasteiger partial charge >= 0.3 is 17.7 Å². The van der Waals surface area contributed by atoms with E-state index in [2.05, 4.69) is 31.7 Å². The van der Waals surface area contributed by atoms with Gasteiger partial charge in [0.05, 0.1) is 13.0 Å². The summed E-state index contributed by atoms with van der Waals surface area (Å²) >= 11 is 0. The molecule has 11 nitrogen and oxygen atoms in total. The predicted octanol–water partition coefficient (Wildman–Crippen LogP) is 0.363. The maximum atomic E-state index is 12.4. The van der Waals surface area contributed by atoms with E-state index in [9.17, 15) is 9.59 Å². The van der Waals surface area contributed by atoms with Crippen LogP contribution >= 0.6 is 0 Å². The number of nitrogens with two attached hydrogens (primary N) is 1. The monoisotopic (exact) mass is 421 g/mol. The number of anilines is 1. The van der Waals surface area contributed by atoms with Crippen molar-refractivity contribution in [2.45, 2.75) is 39.2 Å². The van der Waals surface area contributed by atoms with Crippen molar-refractivity contribution in [3.8, 4) is 6.01 Å². The summed E-state index contributed by atoms with van der Waals surface area (Å²) in [5, 5.41) is 8.80. The van der Waals surface area contributed by atoms with Crippen molar-refractivity contribution in [2.75, 3.05) is 51.6 Å². The van der Waals surface area contributed by atoms with Crippen molar-refractivity contribution in [1.29, 1.82) is 0 Å². The molecule has 0 spiro atoms. The fourth-order valence-corrected chi connectivity index (χ4v) is 3.55. The first-order chi connectivity index (χ1) is 14.5. The zero-order valence-electron chi connectivity index (χ0n) is 17.5. The summed E-state index contributed by atoms with van der Waals surface area (Å²) in [6, 6.07) is 0.193. The number of aryl methyl sites for hydroxylation is 1. The van der Waals surface area contributed by atoms with E-state index in [-0.39, 0.29) is 23.9 Å². The lowest BCUT2D eigenvalue weighted by molar-refractivity contribution is -0.137. The molecule has 0 aliphatic carbocycles. The molecule has 1 fully saturated rings. The molecule has 0 unspecified atom stereocenters. The number of nitrogens with one attached hydrogen (secondary N) is 1. The zero-order valence-corrected chi connectivity index (χ0v) is 17.5. The first kappa shape index (κ1) is 22.0. The average Bonchev–Trinajstić information content (AvgIpc) is 3.04. The molecule has 0 radical (unpaired) electrons. The van der Waals surface area contributed by atoms with E-state index >= 15 is 0 Å². The van der Waals surface area contributed by atoms with Crippen molar-refractivity contribution in [2.24, 2.45) is 0 Å². The van der Waals surface area contributed by atoms with Gasteiger partial charge in [0.1, 0.15) is 5.52 Å². The normalized spacial score (nSPS) is 15.6. The number of aromatic amines is 1. The number of unbranched alkanes of at least 4 members (excludes halogenated alkanes) is 1. The summed E-state index contributed by atoms with van der Waals surface area (Å²) in [6.45, 7) is 8.06. The standard InChI is InChI=1S/C19H31N7O4/c1-2-3-13-30-18-22-16(20)15-17(23-18)26(19(29)21-15)7-4-6-24-9-11-25(12-10-24)8-5-14(27)28/h2-13H2,1H3,(H,21,29)(H,27,28)(H2,20,22,23). The molecule has 3 heterocycles. The van der Waals surface area contributed by atoms with Gasteiger partial charge in [-0.15, -0.1) is 0 Å². The maximum Gasteiger partial charge on any atom is 0.327 e. The number of nitrogen functional groups attached to an aromatic ring is 1. The fourth-order valence-electron chi connectivity index (χ4n) is 3.55. The van der Waals surface area contributed by atoms with Crippen molar-refractivity contribution in [1.82, 2.24) is 29.3 Å². The second kappa shape index (κ2) is 10.4. The number of nitrogens with zero attached hydrogens (tertiary/aromatic N) is 5. The molecule has 0 bridgehead atoms. The third kappa shape index (κ3) is 5.70. The van der Waals surface area contributed by atoms with Gasteiger partial charge in [0.2, 0.25) is 0 Å². The van der Waals surface area contributed by atoms with E-state index < -0.39 is 5.97 Å². The Kier molecular flexibility index (Phi) is 7.63. The average molecular weight is 422 g/mol. The Hall–Kier alpha value is -2.66. The number of aromatic nitrogens is 4. The molecule has 2 aromatic rings. The number of imidazole rings is 1. The van der Waals surface area contributed by atoms with Gasteiger partial charge in [-0.25, -0.2) is 4.79 Å². The number of rotatable bonds is 11. The minimum atomic E-state index is -0.759. The smallest absolute Gasteiger partial charge is 0.327 e. The molecule has 166 valence electrons. The molecular formula is C19H31N7O4. The second-order valence-corrected chi connectivity index (χ2v) is 7.55. The number of carbonyl (C=O) groups is 1. The first-order valence-electron chi connectivity index (χ1n) is 10.5. The van der Waals surface area contributed by atoms with Crippen LogP contribution in [0, 0.1) is 0 Å². The van der Waals surface area contributed by atoms with E-state index in [1.807, 2.05) is 0 Å². The largest absolute Gasteiger partial charge is 0.481 e. The SMILES string of the molecule is CCCCOc1nc(N)c2[nH]c(=O)n(CCCN3CCN(CCC(=O)O)CC3)c2n1. The Bertz CT molecular complexity index is 902. The highest BCUT2D eigenvalue weighted by Crippen LogP contribution is 2.18. The number of aliphatic carboxylic acids is 1. The molecule has 0 aromatic carbocycles. The molecule has 4 N–H and O–H groups in total. The lowest BCUT2D eigenvalue weighted by atomic mass is 10.2. The van der Waals surface area contributed by atoms with E-state index in [4.69, 9.17) is 15.6 Å². The van der Waals surface area contributed by atoms with Crippen LogP contribution in [0.4, 0.5) is 5.82 Å². The van der Waals surface area contributed by atoms with Crippen molar-refractivity contribution < 1.29 is 14.6 Å². The molecule has 2 aromatic heterocycles. The van der Waals surface area contributed by atoms with Crippen LogP contribution < -0.4 is 16.2 Å². The molecule has 0 atom stereocenters. The third-order valence-electron chi connectivity index (χ3n) is 5.32. The number of carboxylic acids is 1. The van der Waals surface area contributed by atoms with Crippen LogP contribution in [0.1, 0.15) is 32.6 Å². The van der Waals surface area contributed by atoms with E-state index in [0.717, 1.165) is 52.0 Å². The molecule has 11 heteroatoms. The number of carboxylic acid groups (broad SMARTS) is 1. The minimum Gasteiger partial charge on any atom is -0.481 e. The topological polar surface area (TPSA) is 143 Å². The Morgan fingerprint density at radius 2 is 1.83 bits per heavy atom. The second-order valence-electron chi connectivity index (χ2n) is 7.55. The van der Waals surface area contributed by atoms with Gasteiger partial charge in [0, 0.05) is 39.3 Å². The third-order valence-corrected chi connectivity index (χ3v) is 5.32. The number of piperazine rings is 1. The molecule has 30 heavy (non-hydrogen) atoms. The molecule has 0 amide bonds. The highest BCUT2D eigenvalue weighted by atomic mass is 16.5. The number of fused-ring (bicyclic) bond motifs is 1. The summed E-state index contributed by atoms with van der Waals surface area (Å²) < 4.78 is 7.15. The number of hydrogen-bond acceptors (Lipinski definition) is 8. The van der Waals surface area contributed by atoms with Gasteiger partial charge in [-0.2, -0.15) is 9.97 Å². The number of hydrogen-bond donors (Lipinski definition) is 3. The fraction of sp³-hybridized carbons (Fsp3) is 0.684. The van der Waals surface area contributed by atoms with Gasteiger partial charge in [-0.05, 0) is 19.4 Å². The quantitative estimate of drug-likeness (QED) is 0.438. The van der Waals surface area contributed by atoms with Crippen LogP contribution in [0.2, 0.25) is 0 Å². The van der Waals surface area contributed by atoms with Gasteiger partial charge in [0.25, 0.3) is 0 Å². The molecule has 0 saturated carbocycles. The van der Waals surface area contributed by atoms with Crippen molar-refractivity contribution >= 4 is 23.0 Å². The Morgan fingerprint density at radius 3 is 2.50 bits per heavy atom. The summed E-state index contributed by atoms with van der Waals surface area (Å²) in [6.07, 6.45) is 2.86. The van der Waals surface area contributed by atoms with Gasteiger partial charge in [-0.3, -0.25) is 9.36 Å². The van der Waals surface area contributed by atoms with E-state index in [0.29, 0.717) is 30.9 Å². The Morgan fingerprint density at radius 1 is 1.13 bits per heavy atom. The highest BCUT2D eigenvalue weighted by molar-refractivity contribution is 5.81. The minimum absolute atomic E-state index is 0.179. The van der Waals surface area contributed by atoms with E-state index in [1.54, 1.807) is 4.57 Å². The predicted molar refractivity (Wildman–Crippen MR) is 113 cm³/mol. The highest BCUT2D eigenvalue weighted by Gasteiger charge is 2.18. The zero-order chi connectivity index (χ0) is 21.5. The summed E-state index contributed by atoms with van der Waals surface area (Å²) in [5.74, 6) is -0.551. The van der Waals surface area contributed by atoms with Gasteiger partial charge in [0.15, 0.2) is 11.5 Å². The first-order valence-corrected chi connectivity index (χ1v) is 10.5. The molecule has 1 aliphatic heterocycles. The molecule has 1 saturated heterocycles. The summed E-state index contributed by atoms with van der Waals surface area (Å²) in [4.78, 5) is 38.8. The van der Waals surface area contributed by atoms with Crippen molar-refractivity contribution in [3.63, 3.8) is 0 Å². The Balaban J connectivity index is 1.55. The maximum absolute atomic E-state index is 12.4. The van der Waals surface area contributed by atoms with Crippen LogP contribution in [-0.4, -0.2) is 86.3 Å². The summed E-state index contributed by atoms with van der Waals surface area (Å²) in [7, 11) is 0. The van der Waals surface area contributed by atoms with Gasteiger partial charge in [-0.1, -0.05) is 13.3 Å². The lowest BCUT2D eigenvalue weighted by Gasteiger charge is -2.34. The van der Waals surface area contributed by atoms with Gasteiger partial charge < -0.3 is 30.4 Å². The van der Waals surface area contributed by atoms with Crippen LogP contribution in [0.5, 0.6) is 6.01 Å². The Labute approximate surface area is 174 Å². The molecule has 3 rings (SSSR count). The number of ether oxygens (including phenoxy) is 1. The van der Waals surface area contributed by atoms with Crippen LogP contribution in [0.15, 0.2) is 4.79 Å². The molecular weight excluding hydrogens is 390 g/mol. The number of H-pyrrole nitrogens is 1. The van der Waals surface area contributed by atoms with Crippen LogP contribution in [-0.2, 0) is 11.3 Å². The van der Waals surface area contributed by atoms with E-state index in [1.165, 1.54) is 0 Å².